The van der Waals surface area contributed by atoms with E-state index < -0.39 is 5.91 Å². The van der Waals surface area contributed by atoms with Crippen LogP contribution in [0, 0.1) is 11.3 Å². The summed E-state index contributed by atoms with van der Waals surface area (Å²) in [5, 5.41) is 13.1. The molecule has 2 aromatic carbocycles. The van der Waals surface area contributed by atoms with Crippen LogP contribution in [-0.4, -0.2) is 19.2 Å². The van der Waals surface area contributed by atoms with Crippen LogP contribution in [0.3, 0.4) is 0 Å². The summed E-state index contributed by atoms with van der Waals surface area (Å²) >= 11 is 3.32. The first-order valence-electron chi connectivity index (χ1n) is 7.88. The van der Waals surface area contributed by atoms with Crippen LogP contribution in [0.1, 0.15) is 21.7 Å². The van der Waals surface area contributed by atoms with Crippen molar-refractivity contribution in [2.24, 2.45) is 5.10 Å². The topological polar surface area (TPSA) is 87.6 Å². The van der Waals surface area contributed by atoms with E-state index in [1.807, 2.05) is 6.07 Å². The molecule has 0 atom stereocenters. The molecule has 3 rings (SSSR count). The third kappa shape index (κ3) is 4.25. The second-order valence-corrected chi connectivity index (χ2v) is 6.32. The second kappa shape index (κ2) is 8.34. The Labute approximate surface area is 164 Å². The number of amides is 1. The maximum atomic E-state index is 12.3. The molecule has 3 aromatic rings. The van der Waals surface area contributed by atoms with E-state index in [1.165, 1.54) is 13.3 Å². The zero-order valence-electron chi connectivity index (χ0n) is 14.3. The molecule has 7 heteroatoms. The summed E-state index contributed by atoms with van der Waals surface area (Å²) in [4.78, 5) is 12.3. The molecule has 1 aromatic heterocycles. The maximum absolute atomic E-state index is 12.3. The lowest BCUT2D eigenvalue weighted by atomic mass is 10.1. The molecule has 27 heavy (non-hydrogen) atoms. The van der Waals surface area contributed by atoms with Gasteiger partial charge in [0.25, 0.3) is 5.91 Å². The molecule has 0 aliphatic rings. The van der Waals surface area contributed by atoms with Crippen LogP contribution >= 0.6 is 15.9 Å². The number of nitrogens with zero attached hydrogens (tertiary/aromatic N) is 2. The molecule has 1 amide bonds. The number of furan rings is 1. The van der Waals surface area contributed by atoms with Gasteiger partial charge in [0.05, 0.1) is 30.5 Å². The Hall–Kier alpha value is -3.37. The summed E-state index contributed by atoms with van der Waals surface area (Å²) in [7, 11) is 1.49. The van der Waals surface area contributed by atoms with Gasteiger partial charge >= 0.3 is 0 Å². The molecular weight excluding hydrogens is 410 g/mol. The largest absolute Gasteiger partial charge is 0.496 e. The van der Waals surface area contributed by atoms with Gasteiger partial charge in [0.1, 0.15) is 17.3 Å². The minimum atomic E-state index is -0.411. The molecule has 0 saturated carbocycles. The lowest BCUT2D eigenvalue weighted by Gasteiger charge is -2.07. The number of hydrogen-bond acceptors (Lipinski definition) is 5. The first-order chi connectivity index (χ1) is 13.1. The van der Waals surface area contributed by atoms with Gasteiger partial charge in [0.2, 0.25) is 0 Å². The summed E-state index contributed by atoms with van der Waals surface area (Å²) in [6.45, 7) is 0. The first kappa shape index (κ1) is 18.4. The fraction of sp³-hybridized carbons (Fsp3) is 0.0500. The van der Waals surface area contributed by atoms with Crippen molar-refractivity contribution in [3.63, 3.8) is 0 Å². The van der Waals surface area contributed by atoms with Crippen molar-refractivity contribution >= 4 is 28.1 Å². The highest BCUT2D eigenvalue weighted by atomic mass is 79.9. The molecule has 6 nitrogen and oxygen atoms in total. The van der Waals surface area contributed by atoms with Crippen molar-refractivity contribution in [3.05, 3.63) is 76.0 Å². The fourth-order valence-electron chi connectivity index (χ4n) is 2.43. The highest BCUT2D eigenvalue weighted by Crippen LogP contribution is 2.25. The number of halogens is 1. The number of carbonyl (C=O) groups excluding carboxylic acids is 1. The van der Waals surface area contributed by atoms with Gasteiger partial charge in [-0.1, -0.05) is 28.1 Å². The molecule has 0 bridgehead atoms. The second-order valence-electron chi connectivity index (χ2n) is 5.40. The lowest BCUT2D eigenvalue weighted by molar-refractivity contribution is 0.0952. The smallest absolute Gasteiger partial charge is 0.275 e. The number of hydrazone groups is 1. The molecule has 0 radical (unpaired) electrons. The number of carbonyl (C=O) groups is 1. The third-order valence-electron chi connectivity index (χ3n) is 3.70. The van der Waals surface area contributed by atoms with Gasteiger partial charge in [0, 0.05) is 10.0 Å². The number of benzene rings is 2. The van der Waals surface area contributed by atoms with E-state index in [4.69, 9.17) is 9.15 Å². The number of nitrogens with one attached hydrogen (secondary N) is 1. The zero-order chi connectivity index (χ0) is 19.2. The Kier molecular flexibility index (Phi) is 5.69. The van der Waals surface area contributed by atoms with Crippen molar-refractivity contribution in [2.75, 3.05) is 7.11 Å². The number of methoxy groups -OCH3 is 1. The van der Waals surface area contributed by atoms with E-state index in [2.05, 4.69) is 32.5 Å². The molecule has 0 unspecified atom stereocenters. The van der Waals surface area contributed by atoms with Gasteiger partial charge in [-0.15, -0.1) is 0 Å². The number of nitriles is 1. The molecule has 0 aliphatic carbocycles. The predicted octanol–water partition coefficient (Wildman–Crippen LogP) is 4.35. The molecule has 1 heterocycles. The van der Waals surface area contributed by atoms with Gasteiger partial charge in [-0.2, -0.15) is 10.4 Å². The molecule has 1 N–H and O–H groups in total. The summed E-state index contributed by atoms with van der Waals surface area (Å²) in [5.41, 5.74) is 4.01. The fourth-order valence-corrected chi connectivity index (χ4v) is 2.80. The van der Waals surface area contributed by atoms with Crippen LogP contribution in [-0.2, 0) is 0 Å². The van der Waals surface area contributed by atoms with Crippen molar-refractivity contribution in [2.45, 2.75) is 0 Å². The van der Waals surface area contributed by atoms with Crippen LogP contribution in [0.15, 0.2) is 68.6 Å². The molecule has 0 aliphatic heterocycles. The van der Waals surface area contributed by atoms with Gasteiger partial charge in [-0.3, -0.25) is 4.79 Å². The maximum Gasteiger partial charge on any atom is 0.275 e. The number of ether oxygens (including phenoxy) is 1. The van der Waals surface area contributed by atoms with Gasteiger partial charge in [0.15, 0.2) is 0 Å². The molecule has 134 valence electrons. The monoisotopic (exact) mass is 423 g/mol. The van der Waals surface area contributed by atoms with Crippen LogP contribution in [0.5, 0.6) is 5.75 Å². The average Bonchev–Trinajstić information content (AvgIpc) is 3.16. The zero-order valence-corrected chi connectivity index (χ0v) is 15.9. The van der Waals surface area contributed by atoms with E-state index in [-0.39, 0.29) is 0 Å². The summed E-state index contributed by atoms with van der Waals surface area (Å²) in [5.74, 6) is 1.03. The highest BCUT2D eigenvalue weighted by molar-refractivity contribution is 9.10. The predicted molar refractivity (Wildman–Crippen MR) is 105 cm³/mol. The van der Waals surface area contributed by atoms with Crippen molar-refractivity contribution in [3.8, 4) is 23.1 Å². The Morgan fingerprint density at radius 2 is 2.07 bits per heavy atom. The normalized spacial score (nSPS) is 10.6. The summed E-state index contributed by atoms with van der Waals surface area (Å²) in [6.07, 6.45) is 1.39. The summed E-state index contributed by atoms with van der Waals surface area (Å²) < 4.78 is 11.6. The minimum Gasteiger partial charge on any atom is -0.496 e. The Balaban J connectivity index is 1.73. The van der Waals surface area contributed by atoms with Crippen LogP contribution < -0.4 is 10.2 Å². The summed E-state index contributed by atoms with van der Waals surface area (Å²) in [6, 6.07) is 17.8. The molecule has 0 fully saturated rings. The standard InChI is InChI=1S/C20H14BrN3O3/c1-26-18-8-6-14(21)10-17(18)20(25)24-23-12-15-7-9-19(27-15)16-5-3-2-4-13(16)11-22/h2-10,12H,1H3,(H,24,25)/b23-12-. The van der Waals surface area contributed by atoms with Gasteiger partial charge < -0.3 is 9.15 Å². The SMILES string of the molecule is COc1ccc(Br)cc1C(=O)N/N=C\c1ccc(-c2ccccc2C#N)o1. The van der Waals surface area contributed by atoms with E-state index in [0.29, 0.717) is 34.0 Å². The van der Waals surface area contributed by atoms with E-state index in [1.54, 1.807) is 48.5 Å². The van der Waals surface area contributed by atoms with Crippen molar-refractivity contribution < 1.29 is 13.9 Å². The molecule has 0 saturated heterocycles. The highest BCUT2D eigenvalue weighted by Gasteiger charge is 2.12. The van der Waals surface area contributed by atoms with Crippen molar-refractivity contribution in [1.29, 1.82) is 5.26 Å². The van der Waals surface area contributed by atoms with Crippen LogP contribution in [0.2, 0.25) is 0 Å². The van der Waals surface area contributed by atoms with Crippen LogP contribution in [0.4, 0.5) is 0 Å². The van der Waals surface area contributed by atoms with Crippen molar-refractivity contribution in [1.82, 2.24) is 5.43 Å². The van der Waals surface area contributed by atoms with Gasteiger partial charge in [-0.25, -0.2) is 5.43 Å². The van der Waals surface area contributed by atoms with Gasteiger partial charge in [-0.05, 0) is 42.5 Å². The lowest BCUT2D eigenvalue weighted by Crippen LogP contribution is -2.18. The molecular formula is C20H14BrN3O3. The van der Waals surface area contributed by atoms with E-state index in [9.17, 15) is 10.1 Å². The molecule has 0 spiro atoms. The minimum absolute atomic E-state index is 0.354. The average molecular weight is 424 g/mol. The van der Waals surface area contributed by atoms with E-state index >= 15 is 0 Å². The number of hydrogen-bond donors (Lipinski definition) is 1. The third-order valence-corrected chi connectivity index (χ3v) is 4.20. The Morgan fingerprint density at radius 1 is 1.26 bits per heavy atom. The Bertz CT molecular complexity index is 1050. The van der Waals surface area contributed by atoms with Crippen LogP contribution in [0.25, 0.3) is 11.3 Å². The number of rotatable bonds is 5. The van der Waals surface area contributed by atoms with E-state index in [0.717, 1.165) is 4.47 Å². The quantitative estimate of drug-likeness (QED) is 0.487. The first-order valence-corrected chi connectivity index (χ1v) is 8.68. The Morgan fingerprint density at radius 3 is 2.85 bits per heavy atom.